The molecule has 0 aromatic carbocycles. The van der Waals surface area contributed by atoms with Gasteiger partial charge in [0.25, 0.3) is 0 Å². The van der Waals surface area contributed by atoms with Gasteiger partial charge >= 0.3 is 19.8 Å². The maximum atomic E-state index is 12.7. The molecule has 1 aliphatic carbocycles. The van der Waals surface area contributed by atoms with E-state index in [4.69, 9.17) is 19.3 Å². The van der Waals surface area contributed by atoms with Gasteiger partial charge in [0.2, 0.25) is 0 Å². The van der Waals surface area contributed by atoms with Crippen molar-refractivity contribution in [3.05, 3.63) is 12.2 Å². The first kappa shape index (κ1) is 46.4. The maximum absolute atomic E-state index is 12.7. The van der Waals surface area contributed by atoms with Crippen LogP contribution < -0.4 is 0 Å². The monoisotopic (exact) mass is 734 g/mol. The van der Waals surface area contributed by atoms with Gasteiger partial charge in [-0.25, -0.2) is 4.57 Å². The molecule has 0 aromatic rings. The Morgan fingerprint density at radius 3 is 1.90 bits per heavy atom. The summed E-state index contributed by atoms with van der Waals surface area (Å²) in [4.78, 5) is 55.6. The standard InChI is InChI=1S/C37H67O12P/c1-3-5-7-8-9-10-11-12-13-14-16-21-36(42)47-27-31(28-48-50(44,45)46)49-37(43)22-18-17-20-30(39)25-33-32(34(40)26-35(33)41)24-23-29(38)19-15-6-4-2/h23-24,29,31-35,38,40-41H,3-22,25-28H2,1-2H3,(H2,44,45,46)/b24-23+/t29-,31+,32+,33+,34+,35-/m0/s1. The summed E-state index contributed by atoms with van der Waals surface area (Å²) in [6.45, 7) is 3.24. The molecule has 50 heavy (non-hydrogen) atoms. The van der Waals surface area contributed by atoms with Crippen molar-refractivity contribution < 1.29 is 58.1 Å². The van der Waals surface area contributed by atoms with E-state index < -0.39 is 69.2 Å². The van der Waals surface area contributed by atoms with E-state index in [0.717, 1.165) is 38.5 Å². The average Bonchev–Trinajstić information content (AvgIpc) is 3.32. The van der Waals surface area contributed by atoms with Gasteiger partial charge in [-0.2, -0.15) is 0 Å². The molecule has 1 rings (SSSR count). The lowest BCUT2D eigenvalue weighted by atomic mass is 9.87. The normalized spacial score (nSPS) is 20.6. The largest absolute Gasteiger partial charge is 0.469 e. The molecule has 0 radical (unpaired) electrons. The van der Waals surface area contributed by atoms with Gasteiger partial charge in [-0.05, 0) is 25.7 Å². The van der Waals surface area contributed by atoms with Crippen LogP contribution in [0.25, 0.3) is 0 Å². The van der Waals surface area contributed by atoms with Crippen molar-refractivity contribution >= 4 is 25.5 Å². The Morgan fingerprint density at radius 2 is 1.28 bits per heavy atom. The van der Waals surface area contributed by atoms with E-state index in [1.807, 2.05) is 0 Å². The third kappa shape index (κ3) is 23.7. The van der Waals surface area contributed by atoms with Crippen molar-refractivity contribution in [1.29, 1.82) is 0 Å². The minimum Gasteiger partial charge on any atom is -0.462 e. The Bertz CT molecular complexity index is 999. The predicted octanol–water partition coefficient (Wildman–Crippen LogP) is 6.63. The zero-order valence-electron chi connectivity index (χ0n) is 30.6. The van der Waals surface area contributed by atoms with Gasteiger partial charge in [0.15, 0.2) is 6.10 Å². The zero-order valence-corrected chi connectivity index (χ0v) is 31.5. The number of unbranched alkanes of at least 4 members (excludes halogenated alkanes) is 13. The summed E-state index contributed by atoms with van der Waals surface area (Å²) in [5.74, 6) is -2.19. The number of rotatable bonds is 31. The number of aliphatic hydroxyl groups is 3. The second kappa shape index (κ2) is 27.9. The molecule has 13 heteroatoms. The molecule has 0 bridgehead atoms. The number of carbonyl (C=O) groups is 3. The number of hydrogen-bond acceptors (Lipinski definition) is 10. The van der Waals surface area contributed by atoms with Crippen molar-refractivity contribution in [3.8, 4) is 0 Å². The van der Waals surface area contributed by atoms with Crippen LogP contribution in [-0.4, -0.2) is 80.5 Å². The molecule has 12 nitrogen and oxygen atoms in total. The molecule has 1 saturated carbocycles. The fourth-order valence-corrected chi connectivity index (χ4v) is 6.67. The van der Waals surface area contributed by atoms with Gasteiger partial charge in [0, 0.05) is 43.9 Å². The molecule has 0 aliphatic heterocycles. The summed E-state index contributed by atoms with van der Waals surface area (Å²) in [6, 6.07) is 0. The van der Waals surface area contributed by atoms with Crippen LogP contribution in [0.3, 0.4) is 0 Å². The van der Waals surface area contributed by atoms with Gasteiger partial charge in [0.1, 0.15) is 12.4 Å². The molecule has 0 aromatic heterocycles. The third-order valence-electron chi connectivity index (χ3n) is 9.27. The number of hydrogen-bond donors (Lipinski definition) is 5. The molecular weight excluding hydrogens is 667 g/mol. The highest BCUT2D eigenvalue weighted by atomic mass is 31.2. The van der Waals surface area contributed by atoms with Crippen LogP contribution in [-0.2, 0) is 32.9 Å². The SMILES string of the molecule is CCCCCCCCCCCCCC(=O)OC[C@H](COP(=O)(O)O)OC(=O)CCCCC(=O)C[C@@H]1[C@@H](/C=C/[C@@H](O)CCCCC)[C@H](O)C[C@@H]1O. The third-order valence-corrected chi connectivity index (χ3v) is 9.75. The van der Waals surface area contributed by atoms with Gasteiger partial charge in [-0.1, -0.05) is 109 Å². The van der Waals surface area contributed by atoms with Gasteiger partial charge in [0.05, 0.1) is 24.9 Å². The number of phosphoric ester groups is 1. The number of Topliss-reactive ketones (excluding diaryl/α,β-unsaturated/α-hetero) is 1. The number of ether oxygens (including phenoxy) is 2. The topological polar surface area (TPSA) is 197 Å². The fraction of sp³-hybridized carbons (Fsp3) is 0.865. The van der Waals surface area contributed by atoms with Crippen molar-refractivity contribution in [2.45, 2.75) is 180 Å². The summed E-state index contributed by atoms with van der Waals surface area (Å²) in [5, 5.41) is 31.1. The summed E-state index contributed by atoms with van der Waals surface area (Å²) >= 11 is 0. The Kier molecular flexibility index (Phi) is 25.9. The molecule has 1 aliphatic rings. The predicted molar refractivity (Wildman–Crippen MR) is 191 cm³/mol. The van der Waals surface area contributed by atoms with Crippen LogP contribution in [0.1, 0.15) is 155 Å². The second-order valence-corrected chi connectivity index (χ2v) is 15.1. The quantitative estimate of drug-likeness (QED) is 0.0221. The lowest BCUT2D eigenvalue weighted by Crippen LogP contribution is -2.29. The summed E-state index contributed by atoms with van der Waals surface area (Å²) < 4.78 is 26.2. The van der Waals surface area contributed by atoms with Gasteiger partial charge in [-0.3, -0.25) is 18.9 Å². The Morgan fingerprint density at radius 1 is 0.740 bits per heavy atom. The molecule has 6 atom stereocenters. The van der Waals surface area contributed by atoms with E-state index in [0.29, 0.717) is 25.7 Å². The van der Waals surface area contributed by atoms with E-state index in [1.54, 1.807) is 12.2 Å². The minimum atomic E-state index is -4.85. The van der Waals surface area contributed by atoms with Crippen molar-refractivity contribution in [2.75, 3.05) is 13.2 Å². The van der Waals surface area contributed by atoms with E-state index in [2.05, 4.69) is 18.4 Å². The Labute approximate surface area is 300 Å². The maximum Gasteiger partial charge on any atom is 0.469 e. The molecule has 5 N–H and O–H groups in total. The molecule has 1 fully saturated rings. The number of aliphatic hydroxyl groups excluding tert-OH is 3. The van der Waals surface area contributed by atoms with Crippen LogP contribution >= 0.6 is 7.82 Å². The molecular formula is C37H67O12P. The Balaban J connectivity index is 2.39. The van der Waals surface area contributed by atoms with Crippen molar-refractivity contribution in [1.82, 2.24) is 0 Å². The highest BCUT2D eigenvalue weighted by Gasteiger charge is 2.41. The van der Waals surface area contributed by atoms with Gasteiger partial charge in [-0.15, -0.1) is 0 Å². The molecule has 292 valence electrons. The molecule has 0 amide bonds. The molecule has 0 saturated heterocycles. The number of phosphoric acid groups is 1. The smallest absolute Gasteiger partial charge is 0.462 e. The van der Waals surface area contributed by atoms with Crippen molar-refractivity contribution in [3.63, 3.8) is 0 Å². The van der Waals surface area contributed by atoms with E-state index in [-0.39, 0.29) is 37.9 Å². The first-order valence-electron chi connectivity index (χ1n) is 19.2. The first-order chi connectivity index (χ1) is 23.9. The number of esters is 2. The average molecular weight is 735 g/mol. The Hall–Kier alpha value is -1.66. The van der Waals surface area contributed by atoms with Crippen LogP contribution in [0.4, 0.5) is 0 Å². The number of carbonyl (C=O) groups excluding carboxylic acids is 3. The summed E-state index contributed by atoms with van der Waals surface area (Å²) in [5.41, 5.74) is 0. The molecule has 0 heterocycles. The van der Waals surface area contributed by atoms with Crippen molar-refractivity contribution in [2.24, 2.45) is 11.8 Å². The lowest BCUT2D eigenvalue weighted by Gasteiger charge is -2.20. The highest BCUT2D eigenvalue weighted by Crippen LogP contribution is 2.37. The fourth-order valence-electron chi connectivity index (χ4n) is 6.31. The summed E-state index contributed by atoms with van der Waals surface area (Å²) in [7, 11) is -4.85. The van der Waals surface area contributed by atoms with Crippen LogP contribution in [0.5, 0.6) is 0 Å². The molecule has 0 unspecified atom stereocenters. The minimum absolute atomic E-state index is 0.0654. The summed E-state index contributed by atoms with van der Waals surface area (Å²) in [6.07, 6.45) is 17.2. The number of ketones is 1. The first-order valence-corrected chi connectivity index (χ1v) is 20.7. The second-order valence-electron chi connectivity index (χ2n) is 13.9. The van der Waals surface area contributed by atoms with Crippen LogP contribution in [0.2, 0.25) is 0 Å². The zero-order chi connectivity index (χ0) is 37.2. The van der Waals surface area contributed by atoms with Gasteiger partial charge < -0.3 is 34.6 Å². The van der Waals surface area contributed by atoms with E-state index >= 15 is 0 Å². The van der Waals surface area contributed by atoms with Crippen LogP contribution in [0, 0.1) is 11.8 Å². The van der Waals surface area contributed by atoms with Crippen LogP contribution in [0.15, 0.2) is 12.2 Å². The van der Waals surface area contributed by atoms with E-state index in [9.17, 15) is 34.3 Å². The lowest BCUT2D eigenvalue weighted by molar-refractivity contribution is -0.161. The van der Waals surface area contributed by atoms with E-state index in [1.165, 1.54) is 44.9 Å². The molecule has 0 spiro atoms. The highest BCUT2D eigenvalue weighted by molar-refractivity contribution is 7.46.